The molecule has 3 nitrogen and oxygen atoms in total. The van der Waals surface area contributed by atoms with E-state index in [9.17, 15) is 9.18 Å². The van der Waals surface area contributed by atoms with Crippen molar-refractivity contribution in [2.24, 2.45) is 0 Å². The van der Waals surface area contributed by atoms with E-state index in [0.29, 0.717) is 10.7 Å². The summed E-state index contributed by atoms with van der Waals surface area (Å²) in [6, 6.07) is 11.7. The van der Waals surface area contributed by atoms with Crippen LogP contribution in [0.4, 0.5) is 15.8 Å². The van der Waals surface area contributed by atoms with E-state index in [2.05, 4.69) is 10.6 Å². The highest BCUT2D eigenvalue weighted by molar-refractivity contribution is 6.33. The van der Waals surface area contributed by atoms with E-state index in [1.807, 2.05) is 31.2 Å². The maximum Gasteiger partial charge on any atom is 0.221 e. The average Bonchev–Trinajstić information content (AvgIpc) is 2.41. The van der Waals surface area contributed by atoms with E-state index in [0.717, 1.165) is 11.3 Å². The molecule has 110 valence electrons. The molecule has 0 spiro atoms. The lowest BCUT2D eigenvalue weighted by molar-refractivity contribution is -0.114. The lowest BCUT2D eigenvalue weighted by Crippen LogP contribution is -2.09. The van der Waals surface area contributed by atoms with Crippen LogP contribution < -0.4 is 10.6 Å². The monoisotopic (exact) mass is 306 g/mol. The first-order valence-corrected chi connectivity index (χ1v) is 6.92. The van der Waals surface area contributed by atoms with Crippen LogP contribution in [0.2, 0.25) is 5.02 Å². The predicted octanol–water partition coefficient (Wildman–Crippen LogP) is 4.61. The first-order chi connectivity index (χ1) is 9.95. The van der Waals surface area contributed by atoms with Gasteiger partial charge in [0.15, 0.2) is 0 Å². The third-order valence-corrected chi connectivity index (χ3v) is 3.32. The molecule has 0 fully saturated rings. The fraction of sp³-hybridized carbons (Fsp3) is 0.188. The van der Waals surface area contributed by atoms with Crippen LogP contribution in [-0.2, 0) is 4.79 Å². The van der Waals surface area contributed by atoms with Gasteiger partial charge in [-0.25, -0.2) is 4.39 Å². The van der Waals surface area contributed by atoms with Crippen LogP contribution in [0.25, 0.3) is 0 Å². The van der Waals surface area contributed by atoms with E-state index in [1.54, 1.807) is 6.07 Å². The molecular weight excluding hydrogens is 291 g/mol. The van der Waals surface area contributed by atoms with Crippen molar-refractivity contribution in [3.63, 3.8) is 0 Å². The summed E-state index contributed by atoms with van der Waals surface area (Å²) in [5.74, 6) is -0.486. The van der Waals surface area contributed by atoms with Crippen LogP contribution >= 0.6 is 11.6 Å². The predicted molar refractivity (Wildman–Crippen MR) is 84.2 cm³/mol. The summed E-state index contributed by atoms with van der Waals surface area (Å²) in [5, 5.41) is 6.30. The standard InChI is InChI=1S/C16H16ClFN2O/c1-10(19-16-7-6-13(18)9-15(16)17)12-4-3-5-14(8-12)20-11(2)21/h3-10,19H,1-2H3,(H,20,21). The molecule has 0 saturated carbocycles. The zero-order chi connectivity index (χ0) is 15.4. The first-order valence-electron chi connectivity index (χ1n) is 6.55. The van der Waals surface area contributed by atoms with Crippen LogP contribution in [0.5, 0.6) is 0 Å². The SMILES string of the molecule is CC(=O)Nc1cccc(C(C)Nc2ccc(F)cc2Cl)c1. The number of anilines is 2. The quantitative estimate of drug-likeness (QED) is 0.866. The summed E-state index contributed by atoms with van der Waals surface area (Å²) in [6.45, 7) is 3.43. The summed E-state index contributed by atoms with van der Waals surface area (Å²) < 4.78 is 13.0. The number of rotatable bonds is 4. The normalized spacial score (nSPS) is 11.8. The Balaban J connectivity index is 2.16. The zero-order valence-electron chi connectivity index (χ0n) is 11.8. The molecule has 1 unspecified atom stereocenters. The van der Waals surface area contributed by atoms with E-state index in [-0.39, 0.29) is 17.8 Å². The van der Waals surface area contributed by atoms with Crippen LogP contribution in [-0.4, -0.2) is 5.91 Å². The number of nitrogens with one attached hydrogen (secondary N) is 2. The van der Waals surface area contributed by atoms with E-state index in [4.69, 9.17) is 11.6 Å². The van der Waals surface area contributed by atoms with Gasteiger partial charge in [0.1, 0.15) is 5.82 Å². The minimum atomic E-state index is -0.370. The molecule has 2 N–H and O–H groups in total. The largest absolute Gasteiger partial charge is 0.377 e. The molecule has 2 aromatic rings. The van der Waals surface area contributed by atoms with Gasteiger partial charge in [0.25, 0.3) is 0 Å². The number of halogens is 2. The van der Waals surface area contributed by atoms with Crippen molar-refractivity contribution in [1.82, 2.24) is 0 Å². The Hall–Kier alpha value is -2.07. The molecular formula is C16H16ClFN2O. The van der Waals surface area contributed by atoms with Crippen molar-refractivity contribution in [2.75, 3.05) is 10.6 Å². The van der Waals surface area contributed by atoms with Crippen LogP contribution in [0.15, 0.2) is 42.5 Å². The second kappa shape index (κ2) is 6.59. The highest BCUT2D eigenvalue weighted by Crippen LogP contribution is 2.27. The molecule has 0 aromatic heterocycles. The Labute approximate surface area is 128 Å². The average molecular weight is 307 g/mol. The van der Waals surface area contributed by atoms with Crippen molar-refractivity contribution >= 4 is 28.9 Å². The van der Waals surface area contributed by atoms with Crippen molar-refractivity contribution in [2.45, 2.75) is 19.9 Å². The summed E-state index contributed by atoms with van der Waals surface area (Å²) in [4.78, 5) is 11.1. The van der Waals surface area contributed by atoms with Gasteiger partial charge >= 0.3 is 0 Å². The number of carbonyl (C=O) groups excluding carboxylic acids is 1. The van der Waals surface area contributed by atoms with E-state index in [1.165, 1.54) is 19.1 Å². The molecule has 0 saturated heterocycles. The molecule has 0 bridgehead atoms. The minimum absolute atomic E-state index is 0.0401. The third-order valence-electron chi connectivity index (χ3n) is 3.01. The molecule has 2 aromatic carbocycles. The number of benzene rings is 2. The lowest BCUT2D eigenvalue weighted by Gasteiger charge is -2.17. The molecule has 0 aliphatic heterocycles. The molecule has 1 atom stereocenters. The number of amides is 1. The highest BCUT2D eigenvalue weighted by atomic mass is 35.5. The number of hydrogen-bond acceptors (Lipinski definition) is 2. The van der Waals surface area contributed by atoms with Crippen molar-refractivity contribution in [3.8, 4) is 0 Å². The minimum Gasteiger partial charge on any atom is -0.377 e. The smallest absolute Gasteiger partial charge is 0.221 e. The second-order valence-corrected chi connectivity index (χ2v) is 5.20. The van der Waals surface area contributed by atoms with Crippen molar-refractivity contribution in [1.29, 1.82) is 0 Å². The van der Waals surface area contributed by atoms with Gasteiger partial charge in [-0.05, 0) is 42.8 Å². The van der Waals surface area contributed by atoms with Gasteiger partial charge in [0.2, 0.25) is 5.91 Å². The number of hydrogen-bond donors (Lipinski definition) is 2. The Kier molecular flexibility index (Phi) is 4.81. The molecule has 0 radical (unpaired) electrons. The lowest BCUT2D eigenvalue weighted by atomic mass is 10.1. The fourth-order valence-corrected chi connectivity index (χ4v) is 2.23. The molecule has 1 amide bonds. The van der Waals surface area contributed by atoms with E-state index >= 15 is 0 Å². The molecule has 5 heteroatoms. The van der Waals surface area contributed by atoms with Crippen LogP contribution in [0.3, 0.4) is 0 Å². The van der Waals surface area contributed by atoms with Crippen LogP contribution in [0, 0.1) is 5.82 Å². The van der Waals surface area contributed by atoms with Gasteiger partial charge in [-0.2, -0.15) is 0 Å². The third kappa shape index (κ3) is 4.20. The van der Waals surface area contributed by atoms with E-state index < -0.39 is 0 Å². The Morgan fingerprint density at radius 1 is 1.24 bits per heavy atom. The molecule has 2 rings (SSSR count). The van der Waals surface area contributed by atoms with Gasteiger partial charge in [0, 0.05) is 18.7 Å². The van der Waals surface area contributed by atoms with Gasteiger partial charge < -0.3 is 10.6 Å². The maximum atomic E-state index is 13.0. The molecule has 0 aliphatic rings. The van der Waals surface area contributed by atoms with Crippen molar-refractivity contribution in [3.05, 3.63) is 58.9 Å². The number of carbonyl (C=O) groups is 1. The van der Waals surface area contributed by atoms with Gasteiger partial charge in [0.05, 0.1) is 10.7 Å². The molecule has 21 heavy (non-hydrogen) atoms. The summed E-state index contributed by atoms with van der Waals surface area (Å²) >= 11 is 6.00. The second-order valence-electron chi connectivity index (χ2n) is 4.80. The Morgan fingerprint density at radius 3 is 2.67 bits per heavy atom. The highest BCUT2D eigenvalue weighted by Gasteiger charge is 2.09. The van der Waals surface area contributed by atoms with Gasteiger partial charge in [-0.15, -0.1) is 0 Å². The maximum absolute atomic E-state index is 13.0. The Bertz CT molecular complexity index is 660. The first kappa shape index (κ1) is 15.3. The Morgan fingerprint density at radius 2 is 2.00 bits per heavy atom. The summed E-state index contributed by atoms with van der Waals surface area (Å²) in [7, 11) is 0. The fourth-order valence-electron chi connectivity index (χ4n) is 2.01. The molecule has 0 heterocycles. The molecule has 0 aliphatic carbocycles. The van der Waals surface area contributed by atoms with Crippen molar-refractivity contribution < 1.29 is 9.18 Å². The van der Waals surface area contributed by atoms with Gasteiger partial charge in [-0.1, -0.05) is 23.7 Å². The summed E-state index contributed by atoms with van der Waals surface area (Å²) in [5.41, 5.74) is 2.39. The topological polar surface area (TPSA) is 41.1 Å². The van der Waals surface area contributed by atoms with Gasteiger partial charge in [-0.3, -0.25) is 4.79 Å². The van der Waals surface area contributed by atoms with Crippen LogP contribution in [0.1, 0.15) is 25.5 Å². The summed E-state index contributed by atoms with van der Waals surface area (Å²) in [6.07, 6.45) is 0. The zero-order valence-corrected chi connectivity index (χ0v) is 12.5.